The fourth-order valence-electron chi connectivity index (χ4n) is 4.21. The maximum Gasteiger partial charge on any atom is 0.251 e. The number of unbranched alkanes of at least 4 members (excludes halogenated alkanes) is 1. The molecule has 3 rings (SSSR count). The van der Waals surface area contributed by atoms with Crippen LogP contribution in [0.2, 0.25) is 0 Å². The molecule has 2 heterocycles. The number of aliphatic hydroxyl groups is 1. The second-order valence-corrected chi connectivity index (χ2v) is 9.55. The Kier molecular flexibility index (Phi) is 11.0. The Hall–Kier alpha value is -3.33. The van der Waals surface area contributed by atoms with Gasteiger partial charge in [0.15, 0.2) is 0 Å². The second kappa shape index (κ2) is 14.4. The Morgan fingerprint density at radius 3 is 2.92 bits per heavy atom. The first-order chi connectivity index (χ1) is 17.9. The number of nitrogens with zero attached hydrogens (tertiary/aromatic N) is 1. The van der Waals surface area contributed by atoms with E-state index < -0.39 is 18.1 Å². The number of nitrogens with one attached hydrogen (secondary N) is 3. The standard InChI is InChI=1S/C28H40N4O5/c1-4-5-11-30-27(34)19(2)14-24(33)23-16-20-9-8-10-22(15-20)37-13-7-6-12-29-25-17-21(28(35)31-23)18-26(32-25)36-3/h8-10,15,17-19,23-24,33H,4-7,11-14,16H2,1-3H3,(H,29,32)(H,30,34)(H,31,35)/t19-,23+,24+/m1/s1. The minimum atomic E-state index is -0.944. The Labute approximate surface area is 219 Å². The molecule has 4 N–H and O–H groups in total. The van der Waals surface area contributed by atoms with Crippen molar-refractivity contribution in [2.45, 2.75) is 64.5 Å². The van der Waals surface area contributed by atoms with Crippen LogP contribution in [0, 0.1) is 5.92 Å². The number of carbonyl (C=O) groups excluding carboxylic acids is 2. The molecule has 0 unspecified atom stereocenters. The highest BCUT2D eigenvalue weighted by Crippen LogP contribution is 2.21. The first-order valence-corrected chi connectivity index (χ1v) is 13.2. The number of carbonyl (C=O) groups is 2. The zero-order chi connectivity index (χ0) is 26.6. The first kappa shape index (κ1) is 28.2. The lowest BCUT2D eigenvalue weighted by atomic mass is 9.93. The van der Waals surface area contributed by atoms with Crippen LogP contribution in [0.15, 0.2) is 36.4 Å². The van der Waals surface area contributed by atoms with Crippen LogP contribution in [0.3, 0.4) is 0 Å². The summed E-state index contributed by atoms with van der Waals surface area (Å²) >= 11 is 0. The van der Waals surface area contributed by atoms with Gasteiger partial charge in [-0.1, -0.05) is 32.4 Å². The predicted octanol–water partition coefficient (Wildman–Crippen LogP) is 3.32. The number of pyridine rings is 1. The molecule has 9 nitrogen and oxygen atoms in total. The number of fused-ring (bicyclic) bond motifs is 4. The predicted molar refractivity (Wildman–Crippen MR) is 143 cm³/mol. The molecule has 1 aliphatic heterocycles. The van der Waals surface area contributed by atoms with Gasteiger partial charge >= 0.3 is 0 Å². The normalized spacial score (nSPS) is 17.9. The maximum absolute atomic E-state index is 13.3. The highest BCUT2D eigenvalue weighted by Gasteiger charge is 2.27. The van der Waals surface area contributed by atoms with Crippen molar-refractivity contribution in [3.8, 4) is 11.6 Å². The number of rotatable bonds is 8. The van der Waals surface area contributed by atoms with Gasteiger partial charge in [0, 0.05) is 30.6 Å². The van der Waals surface area contributed by atoms with E-state index in [0.29, 0.717) is 43.4 Å². The van der Waals surface area contributed by atoms with E-state index in [1.165, 1.54) is 7.11 Å². The van der Waals surface area contributed by atoms with E-state index in [4.69, 9.17) is 9.47 Å². The average Bonchev–Trinajstić information content (AvgIpc) is 2.89. The van der Waals surface area contributed by atoms with Crippen LogP contribution in [-0.4, -0.2) is 60.9 Å². The average molecular weight is 513 g/mol. The van der Waals surface area contributed by atoms with E-state index in [9.17, 15) is 14.7 Å². The second-order valence-electron chi connectivity index (χ2n) is 9.55. The summed E-state index contributed by atoms with van der Waals surface area (Å²) in [6, 6.07) is 10.3. The largest absolute Gasteiger partial charge is 0.494 e. The molecule has 9 heteroatoms. The maximum atomic E-state index is 13.3. The van der Waals surface area contributed by atoms with Gasteiger partial charge in [-0.3, -0.25) is 9.59 Å². The van der Waals surface area contributed by atoms with Crippen LogP contribution < -0.4 is 25.4 Å². The number of benzene rings is 1. The molecule has 3 atom stereocenters. The van der Waals surface area contributed by atoms with Gasteiger partial charge in [-0.2, -0.15) is 4.98 Å². The number of aliphatic hydroxyl groups excluding tert-OH is 1. The summed E-state index contributed by atoms with van der Waals surface area (Å²) < 4.78 is 11.2. The van der Waals surface area contributed by atoms with Gasteiger partial charge in [-0.05, 0) is 55.9 Å². The van der Waals surface area contributed by atoms with E-state index >= 15 is 0 Å². The molecular weight excluding hydrogens is 472 g/mol. The summed E-state index contributed by atoms with van der Waals surface area (Å²) in [5.41, 5.74) is 1.30. The molecule has 4 bridgehead atoms. The molecule has 0 fully saturated rings. The quantitative estimate of drug-likeness (QED) is 0.400. The summed E-state index contributed by atoms with van der Waals surface area (Å²) in [5, 5.41) is 20.4. The third-order valence-electron chi connectivity index (χ3n) is 6.43. The molecule has 0 saturated heterocycles. The highest BCUT2D eigenvalue weighted by atomic mass is 16.5. The van der Waals surface area contributed by atoms with Crippen molar-refractivity contribution in [3.63, 3.8) is 0 Å². The minimum Gasteiger partial charge on any atom is -0.494 e. The number of amides is 2. The monoisotopic (exact) mass is 512 g/mol. The summed E-state index contributed by atoms with van der Waals surface area (Å²) in [4.78, 5) is 30.2. The lowest BCUT2D eigenvalue weighted by Gasteiger charge is -2.27. The van der Waals surface area contributed by atoms with E-state index in [2.05, 4.69) is 27.9 Å². The van der Waals surface area contributed by atoms with Crippen molar-refractivity contribution in [2.75, 3.05) is 32.1 Å². The zero-order valence-corrected chi connectivity index (χ0v) is 22.1. The third kappa shape index (κ3) is 8.93. The van der Waals surface area contributed by atoms with Crippen LogP contribution >= 0.6 is 0 Å². The molecule has 1 aliphatic rings. The van der Waals surface area contributed by atoms with E-state index in [1.54, 1.807) is 19.1 Å². The van der Waals surface area contributed by atoms with Gasteiger partial charge in [0.05, 0.1) is 25.9 Å². The van der Waals surface area contributed by atoms with E-state index in [0.717, 1.165) is 37.0 Å². The van der Waals surface area contributed by atoms with Gasteiger partial charge in [-0.15, -0.1) is 0 Å². The Balaban J connectivity index is 1.84. The first-order valence-electron chi connectivity index (χ1n) is 13.2. The lowest BCUT2D eigenvalue weighted by Crippen LogP contribution is -2.46. The Morgan fingerprint density at radius 2 is 2.14 bits per heavy atom. The van der Waals surface area contributed by atoms with Crippen LogP contribution in [-0.2, 0) is 11.2 Å². The number of anilines is 1. The zero-order valence-electron chi connectivity index (χ0n) is 22.1. The molecule has 0 radical (unpaired) electrons. The van der Waals surface area contributed by atoms with Crippen molar-refractivity contribution >= 4 is 17.6 Å². The molecule has 0 aliphatic carbocycles. The number of aromatic nitrogens is 1. The fourth-order valence-corrected chi connectivity index (χ4v) is 4.21. The highest BCUT2D eigenvalue weighted by molar-refractivity contribution is 5.95. The van der Waals surface area contributed by atoms with Crippen molar-refractivity contribution in [1.82, 2.24) is 15.6 Å². The van der Waals surface area contributed by atoms with Crippen molar-refractivity contribution in [2.24, 2.45) is 5.92 Å². The van der Waals surface area contributed by atoms with Gasteiger partial charge in [0.25, 0.3) is 5.91 Å². The summed E-state index contributed by atoms with van der Waals surface area (Å²) in [5.74, 6) is 0.747. The molecule has 1 aromatic heterocycles. The topological polar surface area (TPSA) is 122 Å². The van der Waals surface area contributed by atoms with Crippen molar-refractivity contribution in [3.05, 3.63) is 47.5 Å². The van der Waals surface area contributed by atoms with Crippen LogP contribution in [0.4, 0.5) is 5.82 Å². The smallest absolute Gasteiger partial charge is 0.251 e. The van der Waals surface area contributed by atoms with Crippen LogP contribution in [0.5, 0.6) is 11.6 Å². The number of methoxy groups -OCH3 is 1. The number of ether oxygens (including phenoxy) is 2. The van der Waals surface area contributed by atoms with Crippen molar-refractivity contribution in [1.29, 1.82) is 0 Å². The summed E-state index contributed by atoms with van der Waals surface area (Å²) in [6.45, 7) is 5.72. The van der Waals surface area contributed by atoms with Crippen LogP contribution in [0.1, 0.15) is 61.9 Å². The molecular formula is C28H40N4O5. The molecule has 0 saturated carbocycles. The fraction of sp³-hybridized carbons (Fsp3) is 0.536. The molecule has 2 aromatic rings. The van der Waals surface area contributed by atoms with E-state index in [1.807, 2.05) is 24.3 Å². The van der Waals surface area contributed by atoms with Crippen LogP contribution in [0.25, 0.3) is 0 Å². The SMILES string of the molecule is CCCCNC(=O)[C@H](C)C[C@H](O)[C@@H]1Cc2cccc(c2)OCCCCNc2cc(cc(OC)n2)C(=O)N1. The molecule has 202 valence electrons. The molecule has 0 spiro atoms. The Morgan fingerprint density at radius 1 is 1.30 bits per heavy atom. The number of hydrogen-bond acceptors (Lipinski definition) is 7. The van der Waals surface area contributed by atoms with Gasteiger partial charge in [0.1, 0.15) is 11.6 Å². The molecule has 1 aromatic carbocycles. The molecule has 2 amide bonds. The van der Waals surface area contributed by atoms with Crippen molar-refractivity contribution < 1.29 is 24.2 Å². The Bertz CT molecular complexity index is 1030. The van der Waals surface area contributed by atoms with Gasteiger partial charge in [0.2, 0.25) is 11.8 Å². The number of hydrogen-bond donors (Lipinski definition) is 4. The minimum absolute atomic E-state index is 0.1000. The summed E-state index contributed by atoms with van der Waals surface area (Å²) in [7, 11) is 1.50. The van der Waals surface area contributed by atoms with Gasteiger partial charge in [-0.25, -0.2) is 0 Å². The summed E-state index contributed by atoms with van der Waals surface area (Å²) in [6.07, 6.45) is 3.27. The molecule has 37 heavy (non-hydrogen) atoms. The third-order valence-corrected chi connectivity index (χ3v) is 6.43. The van der Waals surface area contributed by atoms with E-state index in [-0.39, 0.29) is 18.2 Å². The van der Waals surface area contributed by atoms with Gasteiger partial charge < -0.3 is 30.5 Å². The lowest BCUT2D eigenvalue weighted by molar-refractivity contribution is -0.125.